The Labute approximate surface area is 130 Å². The number of imidazole rings is 1. The molecule has 120 valence electrons. The molecule has 2 aromatic carbocycles. The molecular weight excluding hydrogens is 307 g/mol. The highest BCUT2D eigenvalue weighted by atomic mass is 19.4. The van der Waals surface area contributed by atoms with Crippen LogP contribution in [0.1, 0.15) is 5.82 Å². The third-order valence-electron chi connectivity index (χ3n) is 3.37. The molecule has 1 aromatic heterocycles. The predicted octanol–water partition coefficient (Wildman–Crippen LogP) is 3.72. The van der Waals surface area contributed by atoms with Crippen molar-refractivity contribution in [2.24, 2.45) is 0 Å². The van der Waals surface area contributed by atoms with E-state index in [0.717, 1.165) is 4.57 Å². The Bertz CT molecular complexity index is 810. The summed E-state index contributed by atoms with van der Waals surface area (Å²) >= 11 is 0. The molecule has 0 amide bonds. The van der Waals surface area contributed by atoms with Gasteiger partial charge in [0.15, 0.2) is 0 Å². The number of para-hydroxylation sites is 2. The lowest BCUT2D eigenvalue weighted by molar-refractivity contribution is -0.147. The molecule has 0 radical (unpaired) electrons. The second-order valence-corrected chi connectivity index (χ2v) is 4.99. The normalized spacial score (nSPS) is 11.8. The van der Waals surface area contributed by atoms with Crippen LogP contribution in [0.15, 0.2) is 48.5 Å². The maximum atomic E-state index is 13.1. The van der Waals surface area contributed by atoms with Crippen molar-refractivity contribution in [1.82, 2.24) is 9.55 Å². The summed E-state index contributed by atoms with van der Waals surface area (Å²) in [4.78, 5) is 3.69. The number of anilines is 1. The van der Waals surface area contributed by atoms with Crippen molar-refractivity contribution in [1.29, 1.82) is 0 Å². The number of nitrogen functional groups attached to an aromatic ring is 1. The first-order valence-corrected chi connectivity index (χ1v) is 6.96. The molecule has 23 heavy (non-hydrogen) atoms. The van der Waals surface area contributed by atoms with Gasteiger partial charge in [0, 0.05) is 5.69 Å². The molecule has 0 spiro atoms. The molecule has 7 heteroatoms. The molecule has 3 rings (SSSR count). The van der Waals surface area contributed by atoms with E-state index in [4.69, 9.17) is 10.5 Å². The fourth-order valence-corrected chi connectivity index (χ4v) is 2.34. The number of nitrogens with zero attached hydrogens (tertiary/aromatic N) is 2. The average Bonchev–Trinajstić information content (AvgIpc) is 2.89. The van der Waals surface area contributed by atoms with Crippen molar-refractivity contribution >= 4 is 16.7 Å². The third kappa shape index (κ3) is 3.23. The number of alkyl halides is 3. The van der Waals surface area contributed by atoms with Crippen molar-refractivity contribution in [2.45, 2.75) is 12.7 Å². The Morgan fingerprint density at radius 2 is 1.74 bits per heavy atom. The first-order chi connectivity index (χ1) is 10.9. The highest BCUT2D eigenvalue weighted by Crippen LogP contribution is 2.31. The Kier molecular flexibility index (Phi) is 3.85. The molecule has 0 aliphatic carbocycles. The summed E-state index contributed by atoms with van der Waals surface area (Å²) in [5.41, 5.74) is 6.91. The quantitative estimate of drug-likeness (QED) is 0.745. The van der Waals surface area contributed by atoms with Gasteiger partial charge in [-0.15, -0.1) is 0 Å². The van der Waals surface area contributed by atoms with Crippen LogP contribution in [0.5, 0.6) is 5.75 Å². The monoisotopic (exact) mass is 321 g/mol. The molecule has 0 saturated heterocycles. The maximum Gasteiger partial charge on any atom is 0.449 e. The molecule has 2 N–H and O–H groups in total. The summed E-state index contributed by atoms with van der Waals surface area (Å²) in [6.45, 7) is 0.132. The number of benzene rings is 2. The van der Waals surface area contributed by atoms with Crippen LogP contribution in [0.25, 0.3) is 11.0 Å². The van der Waals surface area contributed by atoms with Crippen molar-refractivity contribution in [3.05, 3.63) is 54.4 Å². The molecule has 0 aliphatic heterocycles. The van der Waals surface area contributed by atoms with Gasteiger partial charge in [-0.1, -0.05) is 12.1 Å². The van der Waals surface area contributed by atoms with Gasteiger partial charge in [0.05, 0.1) is 17.6 Å². The number of halogens is 3. The van der Waals surface area contributed by atoms with E-state index in [1.165, 1.54) is 0 Å². The molecule has 0 saturated carbocycles. The Morgan fingerprint density at radius 1 is 1.04 bits per heavy atom. The molecule has 0 atom stereocenters. The minimum atomic E-state index is -4.51. The van der Waals surface area contributed by atoms with Crippen LogP contribution in [0.4, 0.5) is 18.9 Å². The third-order valence-corrected chi connectivity index (χ3v) is 3.37. The number of hydrogen-bond acceptors (Lipinski definition) is 3. The van der Waals surface area contributed by atoms with Crippen LogP contribution in [0, 0.1) is 0 Å². The fourth-order valence-electron chi connectivity index (χ4n) is 2.34. The first-order valence-electron chi connectivity index (χ1n) is 6.96. The van der Waals surface area contributed by atoms with Crippen LogP contribution in [-0.2, 0) is 12.7 Å². The summed E-state index contributed by atoms with van der Waals surface area (Å²) in [5, 5.41) is 0. The SMILES string of the molecule is Nc1ccc(OCCn2c(C(F)(F)F)nc3ccccc32)cc1. The summed E-state index contributed by atoms with van der Waals surface area (Å²) in [6.07, 6.45) is -4.51. The summed E-state index contributed by atoms with van der Waals surface area (Å²) < 4.78 is 46.0. The van der Waals surface area contributed by atoms with Gasteiger partial charge in [-0.3, -0.25) is 0 Å². The van der Waals surface area contributed by atoms with Crippen LogP contribution in [-0.4, -0.2) is 16.2 Å². The number of aromatic nitrogens is 2. The standard InChI is InChI=1S/C16H14F3N3O/c17-16(18,19)15-21-13-3-1-2-4-14(13)22(15)9-10-23-12-7-5-11(20)6-8-12/h1-8H,9-10,20H2. The Morgan fingerprint density at radius 3 is 2.43 bits per heavy atom. The van der Waals surface area contributed by atoms with Crippen LogP contribution in [0.3, 0.4) is 0 Å². The van der Waals surface area contributed by atoms with Gasteiger partial charge in [-0.25, -0.2) is 4.98 Å². The zero-order chi connectivity index (χ0) is 16.4. The Hall–Kier alpha value is -2.70. The molecule has 0 aliphatic rings. The second-order valence-electron chi connectivity index (χ2n) is 4.99. The minimum Gasteiger partial charge on any atom is -0.492 e. The van der Waals surface area contributed by atoms with Gasteiger partial charge in [0.25, 0.3) is 0 Å². The number of rotatable bonds is 4. The van der Waals surface area contributed by atoms with E-state index >= 15 is 0 Å². The average molecular weight is 321 g/mol. The number of hydrogen-bond donors (Lipinski definition) is 1. The van der Waals surface area contributed by atoms with Gasteiger partial charge in [0.1, 0.15) is 12.4 Å². The van der Waals surface area contributed by atoms with Gasteiger partial charge >= 0.3 is 6.18 Å². The first kappa shape index (κ1) is 15.2. The fraction of sp³-hybridized carbons (Fsp3) is 0.188. The van der Waals surface area contributed by atoms with Gasteiger partial charge in [-0.2, -0.15) is 13.2 Å². The highest BCUT2D eigenvalue weighted by Gasteiger charge is 2.37. The van der Waals surface area contributed by atoms with E-state index in [0.29, 0.717) is 22.5 Å². The van der Waals surface area contributed by atoms with Crippen molar-refractivity contribution < 1.29 is 17.9 Å². The molecule has 3 aromatic rings. The number of nitrogens with two attached hydrogens (primary N) is 1. The smallest absolute Gasteiger partial charge is 0.449 e. The lowest BCUT2D eigenvalue weighted by atomic mass is 10.3. The minimum absolute atomic E-state index is 0.0414. The van der Waals surface area contributed by atoms with E-state index in [9.17, 15) is 13.2 Å². The molecule has 0 fully saturated rings. The maximum absolute atomic E-state index is 13.1. The summed E-state index contributed by atoms with van der Waals surface area (Å²) in [5.74, 6) is -0.364. The number of fused-ring (bicyclic) bond motifs is 1. The van der Waals surface area contributed by atoms with Crippen LogP contribution >= 0.6 is 0 Å². The number of ether oxygens (including phenoxy) is 1. The van der Waals surface area contributed by atoms with E-state index in [-0.39, 0.29) is 13.2 Å². The molecule has 0 unspecified atom stereocenters. The molecule has 1 heterocycles. The van der Waals surface area contributed by atoms with Crippen molar-refractivity contribution in [2.75, 3.05) is 12.3 Å². The molecule has 4 nitrogen and oxygen atoms in total. The van der Waals surface area contributed by atoms with E-state index in [2.05, 4.69) is 4.98 Å². The summed E-state index contributed by atoms with van der Waals surface area (Å²) in [6, 6.07) is 13.2. The van der Waals surface area contributed by atoms with Gasteiger partial charge < -0.3 is 15.0 Å². The molecule has 0 bridgehead atoms. The topological polar surface area (TPSA) is 53.1 Å². The van der Waals surface area contributed by atoms with Gasteiger partial charge in [-0.05, 0) is 36.4 Å². The summed E-state index contributed by atoms with van der Waals surface area (Å²) in [7, 11) is 0. The Balaban J connectivity index is 1.82. The van der Waals surface area contributed by atoms with E-state index in [1.54, 1.807) is 48.5 Å². The predicted molar refractivity (Wildman–Crippen MR) is 81.1 cm³/mol. The van der Waals surface area contributed by atoms with Gasteiger partial charge in [0.2, 0.25) is 5.82 Å². The van der Waals surface area contributed by atoms with Crippen LogP contribution in [0.2, 0.25) is 0 Å². The second kappa shape index (κ2) is 5.83. The highest BCUT2D eigenvalue weighted by molar-refractivity contribution is 5.76. The van der Waals surface area contributed by atoms with Crippen molar-refractivity contribution in [3.63, 3.8) is 0 Å². The van der Waals surface area contributed by atoms with Crippen molar-refractivity contribution in [3.8, 4) is 5.75 Å². The zero-order valence-corrected chi connectivity index (χ0v) is 12.0. The zero-order valence-electron chi connectivity index (χ0n) is 12.0. The lowest BCUT2D eigenvalue weighted by Gasteiger charge is -2.12. The molecular formula is C16H14F3N3O. The van der Waals surface area contributed by atoms with E-state index < -0.39 is 12.0 Å². The largest absolute Gasteiger partial charge is 0.492 e. The lowest BCUT2D eigenvalue weighted by Crippen LogP contribution is -2.18. The van der Waals surface area contributed by atoms with E-state index in [1.807, 2.05) is 0 Å². The van der Waals surface area contributed by atoms with Crippen LogP contribution < -0.4 is 10.5 Å².